The Labute approximate surface area is 186 Å². The summed E-state index contributed by atoms with van der Waals surface area (Å²) in [6.45, 7) is 12.1. The van der Waals surface area contributed by atoms with Crippen LogP contribution in [0.3, 0.4) is 0 Å². The van der Waals surface area contributed by atoms with Gasteiger partial charge in [0, 0.05) is 19.2 Å². The van der Waals surface area contributed by atoms with Crippen molar-refractivity contribution in [2.24, 2.45) is 0 Å². The van der Waals surface area contributed by atoms with Crippen molar-refractivity contribution in [2.75, 3.05) is 16.8 Å². The normalized spacial score (nSPS) is 15.2. The zero-order valence-corrected chi connectivity index (χ0v) is 18.6. The van der Waals surface area contributed by atoms with Crippen LogP contribution in [0, 0.1) is 19.3 Å². The third kappa shape index (κ3) is 3.89. The van der Waals surface area contributed by atoms with Gasteiger partial charge in [-0.2, -0.15) is 0 Å². The smallest absolute Gasteiger partial charge is 0.259 e. The molecule has 0 saturated carbocycles. The highest BCUT2D eigenvalue weighted by atomic mass is 32.1. The molecule has 3 rings (SSSR count). The number of halogens is 1. The van der Waals surface area contributed by atoms with Crippen molar-refractivity contribution in [1.29, 1.82) is 0 Å². The standard InChI is InChI=1S/C23H23FN4O2S/c1-14-17(25-4)11-12-18(20(14)24)27-21(30)23(2,3)28(22(27)31)16-9-6-15(7-10-16)8-13-19(29)26-5/h6-7,9-12H,8,13H2,1-3,5H3,(H,26,29). The number of aryl methyl sites for hydroxylation is 1. The van der Waals surface area contributed by atoms with Gasteiger partial charge in [0.1, 0.15) is 11.4 Å². The lowest BCUT2D eigenvalue weighted by Gasteiger charge is -2.29. The predicted octanol–water partition coefficient (Wildman–Crippen LogP) is 4.28. The van der Waals surface area contributed by atoms with Crippen LogP contribution in [0.4, 0.5) is 21.5 Å². The second kappa shape index (κ2) is 8.44. The van der Waals surface area contributed by atoms with E-state index in [1.165, 1.54) is 24.0 Å². The number of anilines is 2. The predicted molar refractivity (Wildman–Crippen MR) is 123 cm³/mol. The molecule has 1 aliphatic rings. The van der Waals surface area contributed by atoms with Crippen molar-refractivity contribution in [3.63, 3.8) is 0 Å². The SMILES string of the molecule is [C-]#[N+]c1ccc(N2C(=O)C(C)(C)N(c3ccc(CCC(=O)NC)cc3)C2=S)c(F)c1C. The fourth-order valence-electron chi connectivity index (χ4n) is 3.59. The van der Waals surface area contributed by atoms with Gasteiger partial charge in [0.2, 0.25) is 5.91 Å². The number of thiocarbonyl (C=S) groups is 1. The lowest BCUT2D eigenvalue weighted by Crippen LogP contribution is -2.44. The number of benzene rings is 2. The van der Waals surface area contributed by atoms with Crippen LogP contribution in [-0.4, -0.2) is 29.5 Å². The van der Waals surface area contributed by atoms with Gasteiger partial charge < -0.3 is 10.2 Å². The summed E-state index contributed by atoms with van der Waals surface area (Å²) in [6.07, 6.45) is 0.978. The largest absolute Gasteiger partial charge is 0.359 e. The number of carbonyl (C=O) groups is 2. The molecule has 6 nitrogen and oxygen atoms in total. The summed E-state index contributed by atoms with van der Waals surface area (Å²) < 4.78 is 15.0. The molecule has 0 aromatic heterocycles. The van der Waals surface area contributed by atoms with Crippen LogP contribution < -0.4 is 15.1 Å². The van der Waals surface area contributed by atoms with Crippen LogP contribution in [0.25, 0.3) is 4.85 Å². The lowest BCUT2D eigenvalue weighted by molar-refractivity contribution is -0.121. The van der Waals surface area contributed by atoms with E-state index in [9.17, 15) is 9.59 Å². The summed E-state index contributed by atoms with van der Waals surface area (Å²) in [4.78, 5) is 30.9. The quantitative estimate of drug-likeness (QED) is 0.559. The second-order valence-corrected chi connectivity index (χ2v) is 8.18. The monoisotopic (exact) mass is 438 g/mol. The van der Waals surface area contributed by atoms with Gasteiger partial charge >= 0.3 is 0 Å². The van der Waals surface area contributed by atoms with Crippen LogP contribution in [0.5, 0.6) is 0 Å². The minimum atomic E-state index is -1.03. The van der Waals surface area contributed by atoms with Crippen molar-refractivity contribution in [3.05, 3.63) is 64.8 Å². The molecule has 2 aromatic rings. The average Bonchev–Trinajstić information content (AvgIpc) is 2.93. The summed E-state index contributed by atoms with van der Waals surface area (Å²) in [6, 6.07) is 10.4. The maximum absolute atomic E-state index is 15.0. The number of amides is 2. The molecule has 1 aliphatic heterocycles. The molecule has 1 saturated heterocycles. The van der Waals surface area contributed by atoms with Gasteiger partial charge in [-0.3, -0.25) is 14.5 Å². The van der Waals surface area contributed by atoms with E-state index >= 15 is 4.39 Å². The first kappa shape index (κ1) is 22.4. The summed E-state index contributed by atoms with van der Waals surface area (Å²) in [5.41, 5.74) is 1.07. The molecule has 1 N–H and O–H groups in total. The molecule has 2 aromatic carbocycles. The van der Waals surface area contributed by atoms with E-state index in [1.54, 1.807) is 25.8 Å². The third-order valence-corrected chi connectivity index (χ3v) is 5.85. The Morgan fingerprint density at radius 1 is 1.23 bits per heavy atom. The van der Waals surface area contributed by atoms with Gasteiger partial charge in [0.25, 0.3) is 5.91 Å². The molecule has 0 bridgehead atoms. The van der Waals surface area contributed by atoms with Gasteiger partial charge in [-0.1, -0.05) is 18.2 Å². The average molecular weight is 439 g/mol. The van der Waals surface area contributed by atoms with E-state index in [1.807, 2.05) is 24.3 Å². The van der Waals surface area contributed by atoms with Gasteiger partial charge in [0.15, 0.2) is 10.8 Å². The molecular formula is C23H23FN4O2S. The topological polar surface area (TPSA) is 57.0 Å². The molecule has 1 fully saturated rings. The van der Waals surface area contributed by atoms with E-state index in [4.69, 9.17) is 18.8 Å². The number of carbonyl (C=O) groups excluding carboxylic acids is 2. The Hall–Kier alpha value is -3.31. The Bertz CT molecular complexity index is 1110. The molecule has 0 unspecified atom stereocenters. The zero-order chi connectivity index (χ0) is 22.9. The van der Waals surface area contributed by atoms with E-state index in [-0.39, 0.29) is 33.9 Å². The summed E-state index contributed by atoms with van der Waals surface area (Å²) >= 11 is 5.60. The molecule has 8 heteroatoms. The highest BCUT2D eigenvalue weighted by molar-refractivity contribution is 7.81. The van der Waals surface area contributed by atoms with E-state index in [2.05, 4.69) is 10.2 Å². The number of hydrogen-bond donors (Lipinski definition) is 1. The van der Waals surface area contributed by atoms with E-state index in [0.29, 0.717) is 18.5 Å². The van der Waals surface area contributed by atoms with Crippen LogP contribution >= 0.6 is 12.2 Å². The first-order valence-corrected chi connectivity index (χ1v) is 10.2. The van der Waals surface area contributed by atoms with Gasteiger partial charge in [-0.15, -0.1) is 0 Å². The molecule has 31 heavy (non-hydrogen) atoms. The summed E-state index contributed by atoms with van der Waals surface area (Å²) in [5.74, 6) is -1.02. The molecule has 0 radical (unpaired) electrons. The minimum Gasteiger partial charge on any atom is -0.359 e. The fourth-order valence-corrected chi connectivity index (χ4v) is 4.10. The van der Waals surface area contributed by atoms with Crippen molar-refractivity contribution in [3.8, 4) is 0 Å². The van der Waals surface area contributed by atoms with Crippen LogP contribution in [0.1, 0.15) is 31.4 Å². The van der Waals surface area contributed by atoms with Crippen molar-refractivity contribution in [1.82, 2.24) is 5.32 Å². The zero-order valence-electron chi connectivity index (χ0n) is 17.8. The highest BCUT2D eigenvalue weighted by Crippen LogP contribution is 2.39. The van der Waals surface area contributed by atoms with Gasteiger partial charge in [-0.25, -0.2) is 9.24 Å². The molecule has 0 aliphatic carbocycles. The summed E-state index contributed by atoms with van der Waals surface area (Å²) in [5, 5.41) is 2.76. The van der Waals surface area contributed by atoms with E-state index < -0.39 is 11.4 Å². The number of nitrogens with one attached hydrogen (secondary N) is 1. The van der Waals surface area contributed by atoms with E-state index in [0.717, 1.165) is 5.56 Å². The minimum absolute atomic E-state index is 0.0336. The molecular weight excluding hydrogens is 415 g/mol. The summed E-state index contributed by atoms with van der Waals surface area (Å²) in [7, 11) is 1.60. The highest BCUT2D eigenvalue weighted by Gasteiger charge is 2.50. The molecule has 0 spiro atoms. The molecule has 1 heterocycles. The first-order valence-electron chi connectivity index (χ1n) is 9.78. The Morgan fingerprint density at radius 3 is 2.45 bits per heavy atom. The lowest BCUT2D eigenvalue weighted by atomic mass is 10.0. The third-order valence-electron chi connectivity index (χ3n) is 5.48. The van der Waals surface area contributed by atoms with Crippen molar-refractivity contribution < 1.29 is 14.0 Å². The molecule has 0 atom stereocenters. The van der Waals surface area contributed by atoms with Gasteiger partial charge in [0.05, 0.1) is 12.3 Å². The molecule has 160 valence electrons. The van der Waals surface area contributed by atoms with Crippen molar-refractivity contribution >= 4 is 46.2 Å². The Morgan fingerprint density at radius 2 is 1.87 bits per heavy atom. The fraction of sp³-hybridized carbons (Fsp3) is 0.304. The van der Waals surface area contributed by atoms with Crippen LogP contribution in [0.15, 0.2) is 36.4 Å². The number of hydrogen-bond acceptors (Lipinski definition) is 3. The second-order valence-electron chi connectivity index (χ2n) is 7.81. The maximum Gasteiger partial charge on any atom is 0.259 e. The van der Waals surface area contributed by atoms with Gasteiger partial charge in [-0.05, 0) is 68.7 Å². The Kier molecular flexibility index (Phi) is 6.09. The number of nitrogens with zero attached hydrogens (tertiary/aromatic N) is 3. The van der Waals surface area contributed by atoms with Crippen molar-refractivity contribution in [2.45, 2.75) is 39.2 Å². The Balaban J connectivity index is 1.94. The van der Waals surface area contributed by atoms with Crippen LogP contribution in [-0.2, 0) is 16.0 Å². The first-order chi connectivity index (χ1) is 14.6. The van der Waals surface area contributed by atoms with Crippen LogP contribution in [0.2, 0.25) is 0 Å². The molecule has 2 amide bonds. The number of rotatable bonds is 5. The maximum atomic E-state index is 15.0.